The van der Waals surface area contributed by atoms with E-state index in [-0.39, 0.29) is 5.69 Å². The van der Waals surface area contributed by atoms with Gasteiger partial charge in [-0.25, -0.2) is 9.59 Å². The molecule has 0 bridgehead atoms. The maximum absolute atomic E-state index is 11.7. The number of ether oxygens (including phenoxy) is 1. The highest BCUT2D eigenvalue weighted by Crippen LogP contribution is 1.96. The van der Waals surface area contributed by atoms with Crippen molar-refractivity contribution in [2.24, 2.45) is 0 Å². The van der Waals surface area contributed by atoms with Crippen LogP contribution in [0.25, 0.3) is 0 Å². The van der Waals surface area contributed by atoms with Gasteiger partial charge in [-0.2, -0.15) is 0 Å². The highest BCUT2D eigenvalue weighted by atomic mass is 16.5. The minimum Gasteiger partial charge on any atom is -0.467 e. The van der Waals surface area contributed by atoms with Crippen LogP contribution in [0.4, 0.5) is 0 Å². The molecule has 1 aromatic heterocycles. The van der Waals surface area contributed by atoms with Gasteiger partial charge >= 0.3 is 11.7 Å². The number of methoxy groups -OCH3 is 1. The molecule has 1 rings (SSSR count). The van der Waals surface area contributed by atoms with E-state index in [0.717, 1.165) is 6.07 Å². The van der Waals surface area contributed by atoms with Crippen molar-refractivity contribution < 1.29 is 14.3 Å². The molecule has 8 nitrogen and oxygen atoms in total. The van der Waals surface area contributed by atoms with Crippen LogP contribution in [-0.2, 0) is 9.53 Å². The first kappa shape index (κ1) is 13.7. The molecule has 0 spiro atoms. The molecule has 8 heteroatoms. The van der Waals surface area contributed by atoms with E-state index in [9.17, 15) is 19.2 Å². The molecule has 0 saturated carbocycles. The summed E-state index contributed by atoms with van der Waals surface area (Å²) in [5, 5.41) is 2.35. The Kier molecular flexibility index (Phi) is 4.41. The normalized spacial score (nSPS) is 11.7. The van der Waals surface area contributed by atoms with Gasteiger partial charge in [0.25, 0.3) is 11.5 Å². The van der Waals surface area contributed by atoms with Crippen molar-refractivity contribution in [3.05, 3.63) is 32.6 Å². The SMILES string of the molecule is CCC(NC(=O)c1cc(=O)[nH]c(=O)[nH]1)C(=O)OC. The van der Waals surface area contributed by atoms with Crippen LogP contribution in [0.1, 0.15) is 23.8 Å². The van der Waals surface area contributed by atoms with Gasteiger partial charge in [0.05, 0.1) is 7.11 Å². The third-order valence-corrected chi connectivity index (χ3v) is 2.20. The summed E-state index contributed by atoms with van der Waals surface area (Å²) in [5.74, 6) is -1.33. The third-order valence-electron chi connectivity index (χ3n) is 2.20. The Bertz CT molecular complexity index is 531. The molecule has 1 amide bonds. The smallest absolute Gasteiger partial charge is 0.328 e. The number of carbonyl (C=O) groups is 2. The summed E-state index contributed by atoms with van der Waals surface area (Å²) in [6.45, 7) is 1.68. The van der Waals surface area contributed by atoms with Crippen molar-refractivity contribution in [2.75, 3.05) is 7.11 Å². The predicted octanol–water partition coefficient (Wildman–Crippen LogP) is -1.26. The number of aromatic amines is 2. The molecule has 0 aromatic carbocycles. The Morgan fingerprint density at radius 1 is 1.39 bits per heavy atom. The Balaban J connectivity index is 2.91. The van der Waals surface area contributed by atoms with E-state index in [4.69, 9.17) is 0 Å². The second-order valence-electron chi connectivity index (χ2n) is 3.46. The van der Waals surface area contributed by atoms with E-state index < -0.39 is 29.2 Å². The lowest BCUT2D eigenvalue weighted by Gasteiger charge is -2.13. The van der Waals surface area contributed by atoms with Gasteiger partial charge in [0.1, 0.15) is 11.7 Å². The molecule has 98 valence electrons. The van der Waals surface area contributed by atoms with Crippen LogP contribution in [0.3, 0.4) is 0 Å². The molecule has 0 aliphatic heterocycles. The lowest BCUT2D eigenvalue weighted by atomic mass is 10.2. The van der Waals surface area contributed by atoms with Crippen molar-refractivity contribution in [3.8, 4) is 0 Å². The van der Waals surface area contributed by atoms with Crippen molar-refractivity contribution in [1.29, 1.82) is 0 Å². The number of carbonyl (C=O) groups excluding carboxylic acids is 2. The van der Waals surface area contributed by atoms with Crippen molar-refractivity contribution >= 4 is 11.9 Å². The summed E-state index contributed by atoms with van der Waals surface area (Å²) in [7, 11) is 1.20. The number of nitrogens with one attached hydrogen (secondary N) is 3. The summed E-state index contributed by atoms with van der Waals surface area (Å²) in [4.78, 5) is 49.0. The average Bonchev–Trinajstić information content (AvgIpc) is 2.33. The lowest BCUT2D eigenvalue weighted by Crippen LogP contribution is -2.42. The first-order valence-corrected chi connectivity index (χ1v) is 5.20. The molecular formula is C10H13N3O5. The molecular weight excluding hydrogens is 242 g/mol. The number of esters is 1. The Labute approximate surface area is 101 Å². The zero-order valence-corrected chi connectivity index (χ0v) is 9.90. The van der Waals surface area contributed by atoms with E-state index in [0.29, 0.717) is 6.42 Å². The third kappa shape index (κ3) is 3.30. The molecule has 0 radical (unpaired) electrons. The van der Waals surface area contributed by atoms with Crippen LogP contribution in [0, 0.1) is 0 Å². The largest absolute Gasteiger partial charge is 0.467 e. The van der Waals surface area contributed by atoms with Gasteiger partial charge in [-0.15, -0.1) is 0 Å². The van der Waals surface area contributed by atoms with Gasteiger partial charge in [0, 0.05) is 6.07 Å². The first-order valence-electron chi connectivity index (χ1n) is 5.20. The predicted molar refractivity (Wildman–Crippen MR) is 61.2 cm³/mol. The zero-order chi connectivity index (χ0) is 13.7. The van der Waals surface area contributed by atoms with Crippen LogP contribution in [0.15, 0.2) is 15.7 Å². The summed E-state index contributed by atoms with van der Waals surface area (Å²) in [6, 6.07) is 0.103. The number of rotatable bonds is 4. The Morgan fingerprint density at radius 3 is 2.56 bits per heavy atom. The molecule has 0 aliphatic carbocycles. The molecule has 1 heterocycles. The monoisotopic (exact) mass is 255 g/mol. The van der Waals surface area contributed by atoms with Crippen molar-refractivity contribution in [1.82, 2.24) is 15.3 Å². The molecule has 3 N–H and O–H groups in total. The minimum absolute atomic E-state index is 0.217. The van der Waals surface area contributed by atoms with Crippen LogP contribution >= 0.6 is 0 Å². The van der Waals surface area contributed by atoms with E-state index in [1.54, 1.807) is 6.92 Å². The van der Waals surface area contributed by atoms with E-state index in [1.165, 1.54) is 7.11 Å². The molecule has 1 atom stereocenters. The maximum Gasteiger partial charge on any atom is 0.328 e. The standard InChI is InChI=1S/C10H13N3O5/c1-3-5(9(16)18-2)11-8(15)6-4-7(14)13-10(17)12-6/h4-5H,3H2,1-2H3,(H,11,15)(H2,12,13,14,17). The van der Waals surface area contributed by atoms with Gasteiger partial charge in [-0.1, -0.05) is 6.92 Å². The molecule has 0 fully saturated rings. The topological polar surface area (TPSA) is 121 Å². The minimum atomic E-state index is -0.828. The Hall–Kier alpha value is -2.38. The van der Waals surface area contributed by atoms with Gasteiger partial charge in [-0.05, 0) is 6.42 Å². The number of aromatic nitrogens is 2. The quantitative estimate of drug-likeness (QED) is 0.580. The average molecular weight is 255 g/mol. The van der Waals surface area contributed by atoms with Crippen LogP contribution in [-0.4, -0.2) is 35.0 Å². The fourth-order valence-electron chi connectivity index (χ4n) is 1.30. The van der Waals surface area contributed by atoms with Crippen LogP contribution < -0.4 is 16.6 Å². The van der Waals surface area contributed by atoms with E-state index >= 15 is 0 Å². The second-order valence-corrected chi connectivity index (χ2v) is 3.46. The highest BCUT2D eigenvalue weighted by molar-refractivity contribution is 5.94. The molecule has 1 aromatic rings. The number of hydrogen-bond acceptors (Lipinski definition) is 5. The second kappa shape index (κ2) is 5.80. The summed E-state index contributed by atoms with van der Waals surface area (Å²) >= 11 is 0. The fourth-order valence-corrected chi connectivity index (χ4v) is 1.30. The van der Waals surface area contributed by atoms with E-state index in [2.05, 4.69) is 15.0 Å². The fraction of sp³-hybridized carbons (Fsp3) is 0.400. The number of H-pyrrole nitrogens is 2. The highest BCUT2D eigenvalue weighted by Gasteiger charge is 2.20. The van der Waals surface area contributed by atoms with Crippen molar-refractivity contribution in [2.45, 2.75) is 19.4 Å². The maximum atomic E-state index is 11.7. The first-order chi connectivity index (χ1) is 8.47. The molecule has 1 unspecified atom stereocenters. The number of hydrogen-bond donors (Lipinski definition) is 3. The summed E-state index contributed by atoms with van der Waals surface area (Å²) in [6.07, 6.45) is 0.325. The number of amides is 1. The van der Waals surface area contributed by atoms with Crippen LogP contribution in [0.2, 0.25) is 0 Å². The van der Waals surface area contributed by atoms with Gasteiger partial charge < -0.3 is 15.0 Å². The molecule has 18 heavy (non-hydrogen) atoms. The lowest BCUT2D eigenvalue weighted by molar-refractivity contribution is -0.142. The summed E-state index contributed by atoms with van der Waals surface area (Å²) < 4.78 is 4.49. The van der Waals surface area contributed by atoms with Gasteiger partial charge in [0.15, 0.2) is 0 Å². The Morgan fingerprint density at radius 2 is 2.06 bits per heavy atom. The van der Waals surface area contributed by atoms with Crippen LogP contribution in [0.5, 0.6) is 0 Å². The summed E-state index contributed by atoms with van der Waals surface area (Å²) in [5.41, 5.74) is -1.71. The van der Waals surface area contributed by atoms with E-state index in [1.807, 2.05) is 4.98 Å². The molecule has 0 saturated heterocycles. The van der Waals surface area contributed by atoms with Crippen molar-refractivity contribution in [3.63, 3.8) is 0 Å². The zero-order valence-electron chi connectivity index (χ0n) is 9.90. The van der Waals surface area contributed by atoms with Gasteiger partial charge in [0.2, 0.25) is 0 Å². The van der Waals surface area contributed by atoms with Gasteiger partial charge in [-0.3, -0.25) is 14.6 Å². The molecule has 0 aliphatic rings.